The Morgan fingerprint density at radius 1 is 0.950 bits per heavy atom. The fraction of sp³-hybridized carbons (Fsp3) is 0.118. The number of nitrogens with zero attached hydrogens (tertiary/aromatic N) is 1. The highest BCUT2D eigenvalue weighted by Crippen LogP contribution is 2.24. The second-order valence-corrected chi connectivity index (χ2v) is 4.65. The van der Waals surface area contributed by atoms with E-state index >= 15 is 0 Å². The Bertz CT molecular complexity index is 692. The summed E-state index contributed by atoms with van der Waals surface area (Å²) in [6.45, 7) is 0.442. The number of nitrogens with two attached hydrogens (primary N) is 1. The molecule has 0 amide bonds. The van der Waals surface area contributed by atoms with Gasteiger partial charge in [0.2, 0.25) is 0 Å². The molecule has 1 aromatic heterocycles. The third-order valence-corrected chi connectivity index (χ3v) is 3.25. The van der Waals surface area contributed by atoms with Crippen molar-refractivity contribution >= 4 is 10.9 Å². The van der Waals surface area contributed by atoms with Crippen LogP contribution in [0.25, 0.3) is 10.9 Å². The Kier molecular flexibility index (Phi) is 3.61. The van der Waals surface area contributed by atoms with Crippen molar-refractivity contribution in [2.75, 3.05) is 6.61 Å². The molecule has 3 heteroatoms. The molecule has 0 aliphatic carbocycles. The molecule has 1 unspecified atom stereocenters. The highest BCUT2D eigenvalue weighted by atomic mass is 16.5. The van der Waals surface area contributed by atoms with Crippen molar-refractivity contribution in [1.82, 2.24) is 4.98 Å². The van der Waals surface area contributed by atoms with Crippen LogP contribution in [0.15, 0.2) is 66.9 Å². The maximum Gasteiger partial charge on any atom is 0.128 e. The molecule has 3 aromatic rings. The number of fused-ring (bicyclic) bond motifs is 1. The van der Waals surface area contributed by atoms with Gasteiger partial charge in [0.15, 0.2) is 0 Å². The van der Waals surface area contributed by atoms with E-state index in [9.17, 15) is 0 Å². The molecule has 1 atom stereocenters. The maximum absolute atomic E-state index is 6.15. The zero-order valence-corrected chi connectivity index (χ0v) is 11.1. The molecule has 0 saturated carbocycles. The molecule has 0 fully saturated rings. The van der Waals surface area contributed by atoms with Gasteiger partial charge in [-0.05, 0) is 29.8 Å². The lowest BCUT2D eigenvalue weighted by Gasteiger charge is -2.14. The number of rotatable bonds is 4. The molecule has 0 aliphatic rings. The van der Waals surface area contributed by atoms with Gasteiger partial charge in [0, 0.05) is 11.6 Å². The van der Waals surface area contributed by atoms with E-state index in [1.807, 2.05) is 60.7 Å². The van der Waals surface area contributed by atoms with Crippen LogP contribution < -0.4 is 10.5 Å². The van der Waals surface area contributed by atoms with Crippen molar-refractivity contribution in [2.24, 2.45) is 5.73 Å². The van der Waals surface area contributed by atoms with E-state index in [1.54, 1.807) is 6.20 Å². The summed E-state index contributed by atoms with van der Waals surface area (Å²) < 4.78 is 5.87. The Morgan fingerprint density at radius 3 is 2.65 bits per heavy atom. The van der Waals surface area contributed by atoms with Crippen LogP contribution in [0, 0.1) is 0 Å². The summed E-state index contributed by atoms with van der Waals surface area (Å²) in [5.74, 6) is 0.821. The molecule has 100 valence electrons. The number of benzene rings is 2. The summed E-state index contributed by atoms with van der Waals surface area (Å²) in [7, 11) is 0. The van der Waals surface area contributed by atoms with Crippen molar-refractivity contribution in [3.63, 3.8) is 0 Å². The molecule has 3 nitrogen and oxygen atoms in total. The van der Waals surface area contributed by atoms with Gasteiger partial charge in [-0.25, -0.2) is 0 Å². The number of ether oxygens (including phenoxy) is 1. The Hall–Kier alpha value is -2.39. The quantitative estimate of drug-likeness (QED) is 0.786. The average molecular weight is 264 g/mol. The minimum atomic E-state index is -0.136. The topological polar surface area (TPSA) is 48.1 Å². The van der Waals surface area contributed by atoms with Crippen molar-refractivity contribution < 1.29 is 4.74 Å². The average Bonchev–Trinajstić information content (AvgIpc) is 2.53. The molecule has 2 aromatic carbocycles. The van der Waals surface area contributed by atoms with E-state index in [0.29, 0.717) is 6.61 Å². The van der Waals surface area contributed by atoms with E-state index in [0.717, 1.165) is 22.2 Å². The molecule has 3 rings (SSSR count). The zero-order valence-electron chi connectivity index (χ0n) is 11.1. The zero-order chi connectivity index (χ0) is 13.8. The summed E-state index contributed by atoms with van der Waals surface area (Å²) in [4.78, 5) is 4.32. The molecule has 0 bridgehead atoms. The van der Waals surface area contributed by atoms with Crippen molar-refractivity contribution in [2.45, 2.75) is 6.04 Å². The smallest absolute Gasteiger partial charge is 0.128 e. The Morgan fingerprint density at radius 2 is 1.80 bits per heavy atom. The van der Waals surface area contributed by atoms with Gasteiger partial charge in [-0.2, -0.15) is 0 Å². The largest absolute Gasteiger partial charge is 0.491 e. The van der Waals surface area contributed by atoms with Gasteiger partial charge in [0.05, 0.1) is 11.6 Å². The van der Waals surface area contributed by atoms with Gasteiger partial charge in [-0.15, -0.1) is 0 Å². The normalized spacial score (nSPS) is 12.2. The van der Waals surface area contributed by atoms with Gasteiger partial charge in [0.25, 0.3) is 0 Å². The molecule has 0 radical (unpaired) electrons. The number of pyridine rings is 1. The fourth-order valence-corrected chi connectivity index (χ4v) is 2.18. The monoisotopic (exact) mass is 264 g/mol. The lowest BCUT2D eigenvalue weighted by Crippen LogP contribution is -2.18. The molecular weight excluding hydrogens is 248 g/mol. The lowest BCUT2D eigenvalue weighted by molar-refractivity contribution is 0.294. The second kappa shape index (κ2) is 5.72. The standard InChI is InChI=1S/C17H16N2O/c18-15(13-6-2-1-3-7-13)12-20-17-10-4-9-16-14(17)8-5-11-19-16/h1-11,15H,12,18H2. The van der Waals surface area contributed by atoms with Crippen LogP contribution in [0.3, 0.4) is 0 Å². The van der Waals surface area contributed by atoms with E-state index in [-0.39, 0.29) is 6.04 Å². The summed E-state index contributed by atoms with van der Waals surface area (Å²) in [6, 6.07) is 19.6. The molecule has 20 heavy (non-hydrogen) atoms. The van der Waals surface area contributed by atoms with E-state index in [2.05, 4.69) is 4.98 Å². The summed E-state index contributed by atoms with van der Waals surface area (Å²) >= 11 is 0. The van der Waals surface area contributed by atoms with Crippen molar-refractivity contribution in [3.05, 3.63) is 72.4 Å². The number of hydrogen-bond acceptors (Lipinski definition) is 3. The summed E-state index contributed by atoms with van der Waals surface area (Å²) in [5, 5.41) is 1.01. The Labute approximate surface area is 118 Å². The highest BCUT2D eigenvalue weighted by Gasteiger charge is 2.08. The lowest BCUT2D eigenvalue weighted by atomic mass is 10.1. The molecule has 0 aliphatic heterocycles. The first-order valence-corrected chi connectivity index (χ1v) is 6.61. The molecule has 0 saturated heterocycles. The van der Waals surface area contributed by atoms with Crippen molar-refractivity contribution in [3.8, 4) is 5.75 Å². The van der Waals surface area contributed by atoms with Crippen LogP contribution in [0.4, 0.5) is 0 Å². The molecule has 1 heterocycles. The SMILES string of the molecule is NC(COc1cccc2ncccc12)c1ccccc1. The first-order chi connectivity index (χ1) is 9.84. The fourth-order valence-electron chi connectivity index (χ4n) is 2.18. The second-order valence-electron chi connectivity index (χ2n) is 4.65. The van der Waals surface area contributed by atoms with Crippen LogP contribution >= 0.6 is 0 Å². The third kappa shape index (κ3) is 2.63. The minimum Gasteiger partial charge on any atom is -0.491 e. The van der Waals surface area contributed by atoms with Gasteiger partial charge < -0.3 is 10.5 Å². The van der Waals surface area contributed by atoms with Gasteiger partial charge in [0.1, 0.15) is 12.4 Å². The molecule has 0 spiro atoms. The summed E-state index contributed by atoms with van der Waals surface area (Å²) in [5.41, 5.74) is 8.15. The van der Waals surface area contributed by atoms with E-state index in [4.69, 9.17) is 10.5 Å². The first-order valence-electron chi connectivity index (χ1n) is 6.61. The van der Waals surface area contributed by atoms with Gasteiger partial charge in [-0.1, -0.05) is 36.4 Å². The number of hydrogen-bond donors (Lipinski definition) is 1. The first kappa shape index (κ1) is 12.6. The van der Waals surface area contributed by atoms with Crippen LogP contribution in [-0.2, 0) is 0 Å². The maximum atomic E-state index is 6.15. The van der Waals surface area contributed by atoms with Crippen molar-refractivity contribution in [1.29, 1.82) is 0 Å². The van der Waals surface area contributed by atoms with Crippen LogP contribution in [0.5, 0.6) is 5.75 Å². The van der Waals surface area contributed by atoms with E-state index in [1.165, 1.54) is 0 Å². The molecular formula is C17H16N2O. The minimum absolute atomic E-state index is 0.136. The van der Waals surface area contributed by atoms with E-state index < -0.39 is 0 Å². The predicted octanol–water partition coefficient (Wildman–Crippen LogP) is 3.31. The van der Waals surface area contributed by atoms with Gasteiger partial charge >= 0.3 is 0 Å². The predicted molar refractivity (Wildman–Crippen MR) is 80.6 cm³/mol. The van der Waals surface area contributed by atoms with Crippen LogP contribution in [0.1, 0.15) is 11.6 Å². The third-order valence-electron chi connectivity index (χ3n) is 3.25. The highest BCUT2D eigenvalue weighted by molar-refractivity contribution is 5.84. The van der Waals surface area contributed by atoms with Gasteiger partial charge in [-0.3, -0.25) is 4.98 Å². The van der Waals surface area contributed by atoms with Crippen LogP contribution in [0.2, 0.25) is 0 Å². The Balaban J connectivity index is 1.77. The summed E-state index contributed by atoms with van der Waals surface area (Å²) in [6.07, 6.45) is 1.78. The molecule has 2 N–H and O–H groups in total. The number of aromatic nitrogens is 1. The van der Waals surface area contributed by atoms with Crippen LogP contribution in [-0.4, -0.2) is 11.6 Å².